The van der Waals surface area contributed by atoms with Gasteiger partial charge in [-0.2, -0.15) is 0 Å². The fourth-order valence-electron chi connectivity index (χ4n) is 3.72. The van der Waals surface area contributed by atoms with E-state index in [1.165, 1.54) is 30.4 Å². The Bertz CT molecular complexity index is 435. The number of allylic oxidation sites excluding steroid dienone is 5. The quantitative estimate of drug-likeness (QED) is 0.446. The summed E-state index contributed by atoms with van der Waals surface area (Å²) in [6, 6.07) is 0. The van der Waals surface area contributed by atoms with Gasteiger partial charge in [0.05, 0.1) is 0 Å². The molecule has 0 N–H and O–H groups in total. The van der Waals surface area contributed by atoms with Crippen LogP contribution in [0.25, 0.3) is 0 Å². The van der Waals surface area contributed by atoms with Gasteiger partial charge in [0, 0.05) is 5.88 Å². The van der Waals surface area contributed by atoms with Crippen LogP contribution in [0.2, 0.25) is 0 Å². The fraction of sp³-hybridized carbons (Fsp3) is 0.667. The third-order valence-corrected chi connectivity index (χ3v) is 5.55. The first kappa shape index (κ1) is 14.9. The topological polar surface area (TPSA) is 0 Å². The van der Waals surface area contributed by atoms with Gasteiger partial charge in [-0.3, -0.25) is 0 Å². The summed E-state index contributed by atoms with van der Waals surface area (Å²) < 4.78 is 0. The zero-order valence-electron chi connectivity index (χ0n) is 12.9. The molecule has 1 fully saturated rings. The number of hydrogen-bond acceptors (Lipinski definition) is 0. The van der Waals surface area contributed by atoms with Crippen LogP contribution in [0.3, 0.4) is 0 Å². The highest BCUT2D eigenvalue weighted by atomic mass is 35.5. The molecule has 2 rings (SSSR count). The van der Waals surface area contributed by atoms with Gasteiger partial charge in [0.25, 0.3) is 0 Å². The molecule has 1 saturated carbocycles. The van der Waals surface area contributed by atoms with E-state index >= 15 is 0 Å². The van der Waals surface area contributed by atoms with E-state index in [4.69, 9.17) is 11.6 Å². The maximum atomic E-state index is 6.17. The van der Waals surface area contributed by atoms with Crippen molar-refractivity contribution in [3.8, 4) is 0 Å². The third kappa shape index (κ3) is 2.70. The smallest absolute Gasteiger partial charge is 0.0473 e. The summed E-state index contributed by atoms with van der Waals surface area (Å²) in [5, 5.41) is 0. The molecule has 1 atom stereocenters. The lowest BCUT2D eigenvalue weighted by atomic mass is 9.54. The van der Waals surface area contributed by atoms with Crippen molar-refractivity contribution in [2.24, 2.45) is 16.7 Å². The van der Waals surface area contributed by atoms with Gasteiger partial charge in [0.2, 0.25) is 0 Å². The van der Waals surface area contributed by atoms with E-state index in [9.17, 15) is 0 Å². The first-order valence-electron chi connectivity index (χ1n) is 7.41. The Morgan fingerprint density at radius 3 is 2.58 bits per heavy atom. The molecule has 0 aliphatic heterocycles. The molecule has 0 amide bonds. The molecule has 0 radical (unpaired) electrons. The van der Waals surface area contributed by atoms with Crippen molar-refractivity contribution >= 4 is 11.6 Å². The molecule has 0 aromatic heterocycles. The molecular weight excluding hydrogens is 252 g/mol. The lowest BCUT2D eigenvalue weighted by Crippen LogP contribution is -2.39. The summed E-state index contributed by atoms with van der Waals surface area (Å²) in [6.45, 7) is 13.5. The number of halogens is 1. The van der Waals surface area contributed by atoms with Crippen molar-refractivity contribution in [3.05, 3.63) is 35.5 Å². The number of alkyl halides is 1. The van der Waals surface area contributed by atoms with Crippen LogP contribution in [0.1, 0.15) is 53.4 Å². The van der Waals surface area contributed by atoms with Crippen molar-refractivity contribution in [1.82, 2.24) is 0 Å². The highest BCUT2D eigenvalue weighted by Crippen LogP contribution is 2.56. The largest absolute Gasteiger partial charge is 0.122 e. The monoisotopic (exact) mass is 278 g/mol. The van der Waals surface area contributed by atoms with Gasteiger partial charge >= 0.3 is 0 Å². The molecule has 0 spiro atoms. The first-order chi connectivity index (χ1) is 8.81. The van der Waals surface area contributed by atoms with Crippen molar-refractivity contribution < 1.29 is 0 Å². The summed E-state index contributed by atoms with van der Waals surface area (Å²) in [7, 11) is 0. The highest BCUT2D eigenvalue weighted by Gasteiger charge is 2.45. The molecule has 19 heavy (non-hydrogen) atoms. The zero-order valence-corrected chi connectivity index (χ0v) is 13.6. The molecule has 0 heterocycles. The van der Waals surface area contributed by atoms with Crippen LogP contribution in [0, 0.1) is 16.7 Å². The van der Waals surface area contributed by atoms with E-state index in [0.29, 0.717) is 22.6 Å². The summed E-state index contributed by atoms with van der Waals surface area (Å²) >= 11 is 6.17. The van der Waals surface area contributed by atoms with E-state index in [-0.39, 0.29) is 0 Å². The van der Waals surface area contributed by atoms with Crippen LogP contribution < -0.4 is 0 Å². The molecule has 0 aromatic carbocycles. The molecule has 0 bridgehead atoms. The number of rotatable bonds is 3. The molecule has 2 aliphatic carbocycles. The lowest BCUT2D eigenvalue weighted by molar-refractivity contribution is 0.120. The minimum Gasteiger partial charge on any atom is -0.122 e. The van der Waals surface area contributed by atoms with E-state index < -0.39 is 0 Å². The van der Waals surface area contributed by atoms with Crippen molar-refractivity contribution in [3.63, 3.8) is 0 Å². The second-order valence-electron chi connectivity index (χ2n) is 7.48. The van der Waals surface area contributed by atoms with E-state index in [0.717, 1.165) is 6.42 Å². The van der Waals surface area contributed by atoms with Gasteiger partial charge in [-0.15, -0.1) is 18.2 Å². The van der Waals surface area contributed by atoms with Gasteiger partial charge in [-0.05, 0) is 48.0 Å². The van der Waals surface area contributed by atoms with Crippen LogP contribution in [0.15, 0.2) is 35.5 Å². The minimum atomic E-state index is 0.331. The third-order valence-electron chi connectivity index (χ3n) is 5.26. The maximum Gasteiger partial charge on any atom is 0.0473 e. The molecular formula is C18H27Cl. The molecule has 106 valence electrons. The number of hydrogen-bond donors (Lipinski definition) is 0. The Hall–Kier alpha value is -0.490. The van der Waals surface area contributed by atoms with Crippen LogP contribution in [0.4, 0.5) is 0 Å². The van der Waals surface area contributed by atoms with Gasteiger partial charge in [0.1, 0.15) is 0 Å². The summed E-state index contributed by atoms with van der Waals surface area (Å²) in [5.74, 6) is 1.31. The van der Waals surface area contributed by atoms with Gasteiger partial charge in [0.15, 0.2) is 0 Å². The standard InChI is InChI=1S/C18H27Cl/c1-6-7-13-10-15-16(11-14(13)12-19)18(4,5)9-8-17(15,2)3/h6,11,15H,1,7-10,12H2,2-5H3. The van der Waals surface area contributed by atoms with Crippen molar-refractivity contribution in [2.75, 3.05) is 5.88 Å². The van der Waals surface area contributed by atoms with E-state index in [1.807, 2.05) is 6.08 Å². The molecule has 1 unspecified atom stereocenters. The Morgan fingerprint density at radius 1 is 1.32 bits per heavy atom. The van der Waals surface area contributed by atoms with E-state index in [2.05, 4.69) is 40.3 Å². The Balaban J connectivity index is 2.46. The molecule has 2 aliphatic rings. The van der Waals surface area contributed by atoms with Gasteiger partial charge in [-0.25, -0.2) is 0 Å². The second-order valence-corrected chi connectivity index (χ2v) is 7.75. The Morgan fingerprint density at radius 2 is 2.00 bits per heavy atom. The van der Waals surface area contributed by atoms with Crippen LogP contribution in [-0.4, -0.2) is 5.88 Å². The van der Waals surface area contributed by atoms with Crippen molar-refractivity contribution in [2.45, 2.75) is 53.4 Å². The Kier molecular flexibility index (Phi) is 4.02. The van der Waals surface area contributed by atoms with Crippen LogP contribution >= 0.6 is 11.6 Å². The summed E-state index contributed by atoms with van der Waals surface area (Å²) in [4.78, 5) is 0. The Labute approximate surface area is 123 Å². The number of fused-ring (bicyclic) bond motifs is 1. The lowest BCUT2D eigenvalue weighted by Gasteiger charge is -2.50. The molecule has 0 saturated heterocycles. The summed E-state index contributed by atoms with van der Waals surface area (Å²) in [5.41, 5.74) is 5.22. The average Bonchev–Trinajstić information content (AvgIpc) is 2.35. The summed E-state index contributed by atoms with van der Waals surface area (Å²) in [6.07, 6.45) is 9.20. The fourth-order valence-corrected chi connectivity index (χ4v) is 3.98. The van der Waals surface area contributed by atoms with Crippen LogP contribution in [-0.2, 0) is 0 Å². The minimum absolute atomic E-state index is 0.331. The molecule has 1 heteroatoms. The maximum absolute atomic E-state index is 6.17. The highest BCUT2D eigenvalue weighted by molar-refractivity contribution is 6.19. The van der Waals surface area contributed by atoms with Gasteiger partial charge < -0.3 is 0 Å². The predicted octanol–water partition coefficient (Wildman–Crippen LogP) is 5.89. The molecule has 0 nitrogen and oxygen atoms in total. The SMILES string of the molecule is C=CCC1=C(CCl)C=C2C(C1)C(C)(C)CCC2(C)C. The van der Waals surface area contributed by atoms with E-state index in [1.54, 1.807) is 5.57 Å². The normalized spacial score (nSPS) is 28.7. The van der Waals surface area contributed by atoms with Crippen molar-refractivity contribution in [1.29, 1.82) is 0 Å². The second kappa shape index (κ2) is 5.13. The first-order valence-corrected chi connectivity index (χ1v) is 7.95. The van der Waals surface area contributed by atoms with Gasteiger partial charge in [-0.1, -0.05) is 51.0 Å². The van der Waals surface area contributed by atoms with Crippen LogP contribution in [0.5, 0.6) is 0 Å². The predicted molar refractivity (Wildman–Crippen MR) is 85.5 cm³/mol. The average molecular weight is 279 g/mol. The zero-order chi connectivity index (χ0) is 14.3. The molecule has 0 aromatic rings.